The molecule has 0 atom stereocenters. The number of nitrogens with one attached hydrogen (secondary N) is 1. The van der Waals surface area contributed by atoms with E-state index in [9.17, 15) is 29.1 Å². The fourth-order valence-electron chi connectivity index (χ4n) is 9.50. The highest BCUT2D eigenvalue weighted by atomic mass is 35.5. The van der Waals surface area contributed by atoms with Crippen LogP contribution in [0.3, 0.4) is 0 Å². The molecule has 4 aromatic heterocycles. The van der Waals surface area contributed by atoms with E-state index in [0.717, 1.165) is 83.5 Å². The van der Waals surface area contributed by atoms with Gasteiger partial charge in [0, 0.05) is 23.8 Å². The number of methoxy groups -OCH3 is 2. The third-order valence-corrected chi connectivity index (χ3v) is 15.2. The summed E-state index contributed by atoms with van der Waals surface area (Å²) in [6.45, 7) is 30.9. The van der Waals surface area contributed by atoms with Crippen molar-refractivity contribution in [2.75, 3.05) is 14.2 Å². The molecule has 0 fully saturated rings. The van der Waals surface area contributed by atoms with Crippen molar-refractivity contribution >= 4 is 70.3 Å². The number of carbonyl (C=O) groups is 4. The van der Waals surface area contributed by atoms with Crippen LogP contribution in [-0.2, 0) is 54.3 Å². The molecule has 4 aromatic carbocycles. The van der Waals surface area contributed by atoms with Crippen molar-refractivity contribution in [3.8, 4) is 40.6 Å². The molecule has 0 aliphatic heterocycles. The number of carbonyl (C=O) groups excluding carboxylic acids is 2. The Kier molecular flexibility index (Phi) is 32.3. The number of ether oxygens (including phenoxy) is 5. The van der Waals surface area contributed by atoms with E-state index in [1.165, 1.54) is 14.2 Å². The Morgan fingerprint density at radius 3 is 1.00 bits per heavy atom. The molecule has 0 saturated carbocycles. The van der Waals surface area contributed by atoms with Gasteiger partial charge in [-0.2, -0.15) is 0 Å². The van der Waals surface area contributed by atoms with Crippen LogP contribution in [0.1, 0.15) is 176 Å². The Bertz CT molecular complexity index is 3990. The first-order valence-corrected chi connectivity index (χ1v) is 31.6. The zero-order valence-corrected chi connectivity index (χ0v) is 59.7. The lowest BCUT2D eigenvalue weighted by atomic mass is 10.0. The van der Waals surface area contributed by atoms with Crippen molar-refractivity contribution in [1.29, 1.82) is 0 Å². The van der Waals surface area contributed by atoms with Crippen LogP contribution in [0.5, 0.6) is 40.6 Å². The molecule has 4 N–H and O–H groups in total. The monoisotopic (exact) mass is 1400 g/mol. The molecule has 0 amide bonds. The highest BCUT2D eigenvalue weighted by Crippen LogP contribution is 2.35. The topological polar surface area (TPSA) is 298 Å². The number of aliphatic carboxylic acids is 2. The molecule has 0 aliphatic carbocycles. The minimum absolute atomic E-state index is 0. The summed E-state index contributed by atoms with van der Waals surface area (Å²) in [5.74, 6) is 1.90. The second-order valence-electron chi connectivity index (χ2n) is 23.6. The standard InChI is InChI=1S/C18H21ClN2O3.C17H19ClN2O3.C17H20N2O4.C11H14O3.C7H8Cl2N2.CH4/c1-10(2)14-9-15(20-21-18(14)19)24-17-11(3)6-13(7-12(17)4)8-16(22)23-5;1-9(2)13-8-14(19-20-17(13)18)23-16-10(3)5-12(6-11(16)4)7-15(21)22;1-9(2)13-8-14(18-19-17(13)22)23-16-10(3)5-12(6-11(16)4)7-15(20)21;1-7-4-9(6-10(12)14-3)5-8(2)11(7)13;1-4(2)5-3-6(8)10-11-7(5)9;/h6-7,9-10H,8H2,1-5H3;5-6,8-9H,7H2,1-4H3,(H,21,22);5-6,8-9H,7H2,1-4H3,(H,19,22)(H,20,21);4-5,13H,6H2,1-3H3;3-4H,1-2H3;1H4. The minimum Gasteiger partial charge on any atom is -0.507 e. The number of nitrogens with zero attached hydrogens (tertiary/aromatic N) is 7. The van der Waals surface area contributed by atoms with Crippen LogP contribution in [0.25, 0.3) is 0 Å². The van der Waals surface area contributed by atoms with Gasteiger partial charge in [-0.1, -0.05) is 158 Å². The molecule has 21 nitrogen and oxygen atoms in total. The maximum absolute atomic E-state index is 11.7. The van der Waals surface area contributed by atoms with Crippen LogP contribution in [0.15, 0.2) is 77.6 Å². The molecule has 96 heavy (non-hydrogen) atoms. The molecule has 0 spiro atoms. The fraction of sp³-hybridized carbons (Fsp3) is 0.380. The number of halogens is 4. The number of carboxylic acid groups (broad SMARTS) is 2. The van der Waals surface area contributed by atoms with E-state index in [1.807, 2.05) is 135 Å². The smallest absolute Gasteiger partial charge is 0.309 e. The van der Waals surface area contributed by atoms with Crippen LogP contribution in [-0.4, -0.2) is 94.2 Å². The number of aryl methyl sites for hydroxylation is 8. The molecule has 8 aromatic rings. The third-order valence-electron chi connectivity index (χ3n) is 14.1. The molecular weight excluding hydrogens is 1310 g/mol. The number of rotatable bonds is 18. The van der Waals surface area contributed by atoms with E-state index >= 15 is 0 Å². The van der Waals surface area contributed by atoms with E-state index in [0.29, 0.717) is 72.7 Å². The van der Waals surface area contributed by atoms with Crippen LogP contribution >= 0.6 is 46.4 Å². The van der Waals surface area contributed by atoms with Crippen LogP contribution < -0.4 is 19.8 Å². The minimum atomic E-state index is -0.874. The lowest BCUT2D eigenvalue weighted by molar-refractivity contribution is -0.140. The van der Waals surface area contributed by atoms with Gasteiger partial charge in [0.1, 0.15) is 23.0 Å². The highest BCUT2D eigenvalue weighted by Gasteiger charge is 2.19. The van der Waals surface area contributed by atoms with E-state index < -0.39 is 11.9 Å². The normalized spacial score (nSPS) is 10.6. The fourth-order valence-corrected chi connectivity index (χ4v) is 10.6. The summed E-state index contributed by atoms with van der Waals surface area (Å²) in [4.78, 5) is 55.8. The van der Waals surface area contributed by atoms with Gasteiger partial charge in [-0.15, -0.1) is 35.7 Å². The van der Waals surface area contributed by atoms with Gasteiger partial charge in [-0.25, -0.2) is 5.10 Å². The summed E-state index contributed by atoms with van der Waals surface area (Å²) < 4.78 is 26.9. The molecule has 0 unspecified atom stereocenters. The first kappa shape index (κ1) is 81.5. The van der Waals surface area contributed by atoms with Gasteiger partial charge < -0.3 is 39.0 Å². The van der Waals surface area contributed by atoms with Gasteiger partial charge in [-0.3, -0.25) is 24.0 Å². The highest BCUT2D eigenvalue weighted by molar-refractivity contribution is 6.32. The van der Waals surface area contributed by atoms with Crippen molar-refractivity contribution < 1.29 is 58.2 Å². The summed E-state index contributed by atoms with van der Waals surface area (Å²) in [6.07, 6.45) is 0.436. The van der Waals surface area contributed by atoms with Crippen molar-refractivity contribution in [2.24, 2.45) is 0 Å². The first-order valence-electron chi connectivity index (χ1n) is 30.1. The Morgan fingerprint density at radius 2 is 0.698 bits per heavy atom. The van der Waals surface area contributed by atoms with Gasteiger partial charge in [-0.05, 0) is 169 Å². The quantitative estimate of drug-likeness (QED) is 0.0580. The van der Waals surface area contributed by atoms with E-state index in [-0.39, 0.29) is 68.4 Å². The number of H-pyrrole nitrogens is 1. The number of benzene rings is 4. The molecule has 0 aliphatic rings. The summed E-state index contributed by atoms with van der Waals surface area (Å²) >= 11 is 23.5. The molecule has 0 bridgehead atoms. The van der Waals surface area contributed by atoms with Gasteiger partial charge in [0.05, 0.1) is 39.9 Å². The SMILES string of the molecule is C.CC(C)c1cc(Cl)nnc1Cl.COC(=O)Cc1cc(C)c(O)c(C)c1.COC(=O)Cc1cc(C)c(Oc2cc(C(C)C)c(Cl)nn2)c(C)c1.Cc1cc(CC(=O)O)cc(C)c1Oc1cc(C(C)C)c(=O)[nH]n1.Cc1cc(CC(=O)O)cc(C)c1Oc1cc(C(C)C)c(Cl)nn1. The number of phenolic OH excluding ortho intramolecular Hbond substituents is 1. The summed E-state index contributed by atoms with van der Waals surface area (Å²) in [6, 6.07) is 21.5. The molecule has 516 valence electrons. The van der Waals surface area contributed by atoms with Gasteiger partial charge >= 0.3 is 23.9 Å². The van der Waals surface area contributed by atoms with Crippen molar-refractivity contribution in [2.45, 2.75) is 168 Å². The van der Waals surface area contributed by atoms with Crippen molar-refractivity contribution in [1.82, 2.24) is 40.8 Å². The van der Waals surface area contributed by atoms with E-state index in [4.69, 9.17) is 75.6 Å². The number of aromatic amines is 1. The maximum atomic E-state index is 11.7. The summed E-state index contributed by atoms with van der Waals surface area (Å²) in [5, 5.41) is 58.4. The second kappa shape index (κ2) is 38.1. The number of phenols is 1. The van der Waals surface area contributed by atoms with Crippen LogP contribution in [0, 0.1) is 55.4 Å². The summed E-state index contributed by atoms with van der Waals surface area (Å²) in [5.41, 5.74) is 13.0. The lowest BCUT2D eigenvalue weighted by Crippen LogP contribution is -2.15. The number of aromatic nitrogens is 8. The number of carboxylic acids is 2. The zero-order valence-electron chi connectivity index (χ0n) is 56.6. The van der Waals surface area contributed by atoms with Gasteiger partial charge in [0.25, 0.3) is 5.56 Å². The molecule has 25 heteroatoms. The number of aromatic hydroxyl groups is 1. The molecule has 0 saturated heterocycles. The molecular formula is C71H86Cl4N8O13. The second-order valence-corrected chi connectivity index (χ2v) is 25.0. The first-order chi connectivity index (χ1) is 44.5. The average Bonchev–Trinajstić information content (AvgIpc) is 0.836. The average molecular weight is 1400 g/mol. The Balaban J connectivity index is 0.000000320. The summed E-state index contributed by atoms with van der Waals surface area (Å²) in [7, 11) is 2.74. The number of hydrogen-bond acceptors (Lipinski definition) is 18. The van der Waals surface area contributed by atoms with Crippen molar-refractivity contribution in [3.63, 3.8) is 0 Å². The van der Waals surface area contributed by atoms with Crippen LogP contribution in [0.4, 0.5) is 0 Å². The Hall–Kier alpha value is -8.76. The number of esters is 2. The molecule has 8 rings (SSSR count). The van der Waals surface area contributed by atoms with Crippen molar-refractivity contribution in [3.05, 3.63) is 193 Å². The molecule has 4 heterocycles. The third kappa shape index (κ3) is 25.1. The lowest BCUT2D eigenvalue weighted by Gasteiger charge is -2.14. The predicted octanol–water partition coefficient (Wildman–Crippen LogP) is 16.9. The zero-order chi connectivity index (χ0) is 71.3. The largest absolute Gasteiger partial charge is 0.507 e. The van der Waals surface area contributed by atoms with Gasteiger partial charge in [0.2, 0.25) is 17.6 Å². The van der Waals surface area contributed by atoms with Gasteiger partial charge in [0.15, 0.2) is 20.6 Å². The maximum Gasteiger partial charge on any atom is 0.309 e. The van der Waals surface area contributed by atoms with E-state index in [2.05, 4.69) is 45.5 Å². The Morgan fingerprint density at radius 1 is 0.417 bits per heavy atom. The Labute approximate surface area is 581 Å². The number of hydrogen-bond donors (Lipinski definition) is 4. The van der Waals surface area contributed by atoms with Crippen LogP contribution in [0.2, 0.25) is 20.6 Å². The predicted molar refractivity (Wildman–Crippen MR) is 374 cm³/mol. The van der Waals surface area contributed by atoms with E-state index in [1.54, 1.807) is 48.5 Å². The molecule has 0 radical (unpaired) electrons.